The molecule has 0 amide bonds. The van der Waals surface area contributed by atoms with Crippen molar-refractivity contribution >= 4 is 28.5 Å². The van der Waals surface area contributed by atoms with Gasteiger partial charge in [-0.1, -0.05) is 68.7 Å². The van der Waals surface area contributed by atoms with Crippen molar-refractivity contribution in [1.82, 2.24) is 4.98 Å². The van der Waals surface area contributed by atoms with Gasteiger partial charge in [0.1, 0.15) is 5.82 Å². The number of nitrogens with zero attached hydrogens (tertiary/aromatic N) is 1. The van der Waals surface area contributed by atoms with Gasteiger partial charge in [0.05, 0.1) is 18.7 Å². The highest BCUT2D eigenvalue weighted by molar-refractivity contribution is 5.83. The van der Waals surface area contributed by atoms with Gasteiger partial charge >= 0.3 is 5.97 Å². The van der Waals surface area contributed by atoms with Gasteiger partial charge in [-0.15, -0.1) is 0 Å². The number of rotatable bonds is 17. The third-order valence-corrected chi connectivity index (χ3v) is 7.16. The molecule has 3 unspecified atom stereocenters. The number of hydrogen-bond acceptors (Lipinski definition) is 4. The number of nitrogens with one attached hydrogen (secondary N) is 2. The van der Waals surface area contributed by atoms with E-state index in [1.807, 2.05) is 30.5 Å². The first kappa shape index (κ1) is 29.8. The van der Waals surface area contributed by atoms with Gasteiger partial charge in [0.2, 0.25) is 0 Å². The monoisotopic (exact) mass is 533 g/mol. The maximum atomic E-state index is 11.7. The number of aliphatic imine (C=N–C) groups is 1. The highest BCUT2D eigenvalue weighted by Crippen LogP contribution is 2.32. The Balaban J connectivity index is 1.83. The van der Waals surface area contributed by atoms with Crippen molar-refractivity contribution in [3.63, 3.8) is 0 Å². The van der Waals surface area contributed by atoms with Gasteiger partial charge in [-0.2, -0.15) is 0 Å². The summed E-state index contributed by atoms with van der Waals surface area (Å²) in [5.41, 5.74) is 13.0. The molecule has 210 valence electrons. The SMILES string of the molecule is CCCCC(O)CCCC(CCC(Nc1ccc[nH]1)C(=CC(=O)O)CN=C(N)N)c1ccc2ccccc2c1. The minimum absolute atomic E-state index is 0.0828. The summed E-state index contributed by atoms with van der Waals surface area (Å²) >= 11 is 0. The van der Waals surface area contributed by atoms with E-state index in [-0.39, 0.29) is 30.6 Å². The van der Waals surface area contributed by atoms with Crippen LogP contribution in [0.2, 0.25) is 0 Å². The number of H-pyrrole nitrogens is 1. The molecule has 1 heterocycles. The van der Waals surface area contributed by atoms with Crippen LogP contribution in [0.25, 0.3) is 10.8 Å². The van der Waals surface area contributed by atoms with Crippen molar-refractivity contribution in [2.45, 2.75) is 76.4 Å². The molecule has 0 aliphatic heterocycles. The molecule has 0 saturated carbocycles. The van der Waals surface area contributed by atoms with E-state index >= 15 is 0 Å². The van der Waals surface area contributed by atoms with Crippen molar-refractivity contribution in [2.75, 3.05) is 11.9 Å². The quantitative estimate of drug-likeness (QED) is 0.0764. The fraction of sp³-hybridized carbons (Fsp3) is 0.419. The van der Waals surface area contributed by atoms with Gasteiger partial charge < -0.3 is 32.0 Å². The maximum Gasteiger partial charge on any atom is 0.328 e. The van der Waals surface area contributed by atoms with Crippen LogP contribution in [0.15, 0.2) is 77.4 Å². The second-order valence-electron chi connectivity index (χ2n) is 10.2. The number of aliphatic hydroxyl groups excluding tert-OH is 1. The number of unbranched alkanes of at least 4 members (excludes halogenated alkanes) is 1. The largest absolute Gasteiger partial charge is 0.478 e. The lowest BCUT2D eigenvalue weighted by Gasteiger charge is -2.25. The van der Waals surface area contributed by atoms with E-state index in [1.54, 1.807) is 0 Å². The molecule has 3 aromatic rings. The van der Waals surface area contributed by atoms with Crippen LogP contribution in [-0.2, 0) is 4.79 Å². The molecule has 3 rings (SSSR count). The van der Waals surface area contributed by atoms with Gasteiger partial charge in [-0.3, -0.25) is 0 Å². The molecular weight excluding hydrogens is 490 g/mol. The summed E-state index contributed by atoms with van der Waals surface area (Å²) in [6, 6.07) is 18.5. The Morgan fingerprint density at radius 3 is 2.46 bits per heavy atom. The van der Waals surface area contributed by atoms with E-state index < -0.39 is 5.97 Å². The first-order chi connectivity index (χ1) is 18.9. The fourth-order valence-corrected chi connectivity index (χ4v) is 5.05. The second-order valence-corrected chi connectivity index (χ2v) is 10.2. The first-order valence-electron chi connectivity index (χ1n) is 13.9. The van der Waals surface area contributed by atoms with Crippen molar-refractivity contribution in [3.8, 4) is 0 Å². The number of guanidine groups is 1. The molecule has 39 heavy (non-hydrogen) atoms. The Morgan fingerprint density at radius 1 is 1.00 bits per heavy atom. The number of aromatic amines is 1. The number of carbonyl (C=O) groups is 1. The van der Waals surface area contributed by atoms with Crippen LogP contribution in [0.5, 0.6) is 0 Å². The number of benzene rings is 2. The lowest BCUT2D eigenvalue weighted by molar-refractivity contribution is -0.131. The Labute approximate surface area is 231 Å². The number of nitrogens with two attached hydrogens (primary N) is 2. The normalized spacial score (nSPS) is 14.1. The number of fused-ring (bicyclic) bond motifs is 1. The lowest BCUT2D eigenvalue weighted by Crippen LogP contribution is -2.28. The van der Waals surface area contributed by atoms with Crippen molar-refractivity contribution in [3.05, 3.63) is 78.0 Å². The van der Waals surface area contributed by atoms with Crippen LogP contribution >= 0.6 is 0 Å². The standard InChI is InChI=1S/C31H43N5O3/c1-2-3-11-27(37)12-6-10-23(25-15-14-22-8-4-5-9-24(22)19-25)16-17-28(36-29-13-7-18-34-29)26(20-30(38)39)21-35-31(32)33/h4-5,7-9,13-15,18-20,23,27-28,34,36-37H,2-3,6,10-12,16-17,21H2,1H3,(H,38,39)(H4,32,33,35). The molecule has 8 nitrogen and oxygen atoms in total. The van der Waals surface area contributed by atoms with Crippen molar-refractivity contribution < 1.29 is 15.0 Å². The number of carboxylic acids is 1. The molecule has 0 aliphatic rings. The van der Waals surface area contributed by atoms with Crippen LogP contribution in [0.4, 0.5) is 5.82 Å². The molecule has 1 aromatic heterocycles. The van der Waals surface area contributed by atoms with E-state index in [0.29, 0.717) is 12.0 Å². The van der Waals surface area contributed by atoms with Gasteiger partial charge in [0, 0.05) is 12.3 Å². The zero-order valence-electron chi connectivity index (χ0n) is 22.9. The average molecular weight is 534 g/mol. The zero-order chi connectivity index (χ0) is 28.0. The highest BCUT2D eigenvalue weighted by Gasteiger charge is 2.21. The third kappa shape index (κ3) is 10.1. The van der Waals surface area contributed by atoms with Gasteiger partial charge in [-0.25, -0.2) is 9.79 Å². The summed E-state index contributed by atoms with van der Waals surface area (Å²) in [4.78, 5) is 18.9. The summed E-state index contributed by atoms with van der Waals surface area (Å²) in [6.07, 6.45) is 9.83. The van der Waals surface area contributed by atoms with Crippen LogP contribution in [-0.4, -0.2) is 45.8 Å². The Bertz CT molecular complexity index is 1220. The number of anilines is 1. The van der Waals surface area contributed by atoms with Gasteiger partial charge in [0.25, 0.3) is 0 Å². The number of aromatic nitrogens is 1. The van der Waals surface area contributed by atoms with Gasteiger partial charge in [0.15, 0.2) is 5.96 Å². The minimum atomic E-state index is -1.04. The first-order valence-corrected chi connectivity index (χ1v) is 13.9. The van der Waals surface area contributed by atoms with E-state index in [1.165, 1.54) is 22.4 Å². The number of hydrogen-bond donors (Lipinski definition) is 6. The molecule has 0 bridgehead atoms. The molecule has 3 atom stereocenters. The van der Waals surface area contributed by atoms with E-state index in [4.69, 9.17) is 11.5 Å². The Morgan fingerprint density at radius 2 is 1.77 bits per heavy atom. The van der Waals surface area contributed by atoms with E-state index in [0.717, 1.165) is 50.8 Å². The highest BCUT2D eigenvalue weighted by atomic mass is 16.4. The minimum Gasteiger partial charge on any atom is -0.478 e. The fourth-order valence-electron chi connectivity index (χ4n) is 5.05. The number of carboxylic acid groups (broad SMARTS) is 1. The molecular formula is C31H43N5O3. The molecule has 0 saturated heterocycles. The summed E-state index contributed by atoms with van der Waals surface area (Å²) in [5, 5.41) is 25.8. The average Bonchev–Trinajstić information content (AvgIpc) is 3.43. The van der Waals surface area contributed by atoms with E-state index in [2.05, 4.69) is 52.5 Å². The molecule has 0 spiro atoms. The third-order valence-electron chi connectivity index (χ3n) is 7.16. The maximum absolute atomic E-state index is 11.7. The number of aliphatic hydroxyl groups is 1. The smallest absolute Gasteiger partial charge is 0.328 e. The van der Waals surface area contributed by atoms with Crippen molar-refractivity contribution in [1.29, 1.82) is 0 Å². The Hall–Kier alpha value is -3.78. The van der Waals surface area contributed by atoms with Crippen LogP contribution < -0.4 is 16.8 Å². The predicted molar refractivity (Wildman–Crippen MR) is 160 cm³/mol. The Kier molecular flexibility index (Phi) is 11.9. The van der Waals surface area contributed by atoms with Crippen molar-refractivity contribution in [2.24, 2.45) is 16.5 Å². The summed E-state index contributed by atoms with van der Waals surface area (Å²) in [7, 11) is 0. The molecule has 8 heteroatoms. The van der Waals surface area contributed by atoms with Crippen LogP contribution in [0.3, 0.4) is 0 Å². The topological polar surface area (TPSA) is 150 Å². The van der Waals surface area contributed by atoms with Crippen LogP contribution in [0, 0.1) is 0 Å². The zero-order valence-corrected chi connectivity index (χ0v) is 22.9. The number of aliphatic carboxylic acids is 1. The summed E-state index contributed by atoms with van der Waals surface area (Å²) in [6.45, 7) is 2.23. The lowest BCUT2D eigenvalue weighted by atomic mass is 9.85. The second kappa shape index (κ2) is 15.6. The summed E-state index contributed by atoms with van der Waals surface area (Å²) in [5.74, 6) is -0.0841. The van der Waals surface area contributed by atoms with Gasteiger partial charge in [-0.05, 0) is 72.1 Å². The molecule has 2 aromatic carbocycles. The summed E-state index contributed by atoms with van der Waals surface area (Å²) < 4.78 is 0. The van der Waals surface area contributed by atoms with E-state index in [9.17, 15) is 15.0 Å². The molecule has 0 aliphatic carbocycles. The predicted octanol–water partition coefficient (Wildman–Crippen LogP) is 5.52. The molecule has 8 N–H and O–H groups in total. The van der Waals surface area contributed by atoms with Crippen LogP contribution in [0.1, 0.15) is 69.8 Å². The molecule has 0 fully saturated rings. The molecule has 0 radical (unpaired) electrons.